The van der Waals surface area contributed by atoms with Gasteiger partial charge in [-0.3, -0.25) is 4.79 Å². The minimum absolute atomic E-state index is 0.199. The summed E-state index contributed by atoms with van der Waals surface area (Å²) >= 11 is 0. The highest BCUT2D eigenvalue weighted by Gasteiger charge is 2.27. The van der Waals surface area contributed by atoms with Gasteiger partial charge in [0, 0.05) is 13.0 Å². The van der Waals surface area contributed by atoms with Crippen LogP contribution < -0.4 is 11.5 Å². The van der Waals surface area contributed by atoms with Gasteiger partial charge in [-0.25, -0.2) is 0 Å². The molecule has 3 nitrogen and oxygen atoms in total. The van der Waals surface area contributed by atoms with E-state index in [1.807, 2.05) is 0 Å². The molecule has 1 aromatic carbocycles. The lowest BCUT2D eigenvalue weighted by Crippen LogP contribution is -2.20. The van der Waals surface area contributed by atoms with Crippen LogP contribution >= 0.6 is 0 Å². The predicted octanol–water partition coefficient (Wildman–Crippen LogP) is 2.29. The van der Waals surface area contributed by atoms with E-state index in [-0.39, 0.29) is 11.8 Å². The molecule has 0 heterocycles. The van der Waals surface area contributed by atoms with Crippen LogP contribution in [0.1, 0.15) is 49.1 Å². The molecular weight excluding hydrogens is 224 g/mol. The number of nitrogens with two attached hydrogens (primary N) is 2. The largest absolute Gasteiger partial charge is 0.370 e. The molecule has 1 aliphatic carbocycles. The van der Waals surface area contributed by atoms with Crippen molar-refractivity contribution in [1.82, 2.24) is 0 Å². The van der Waals surface area contributed by atoms with Gasteiger partial charge in [-0.1, -0.05) is 37.1 Å². The molecule has 0 bridgehead atoms. The number of rotatable bonds is 5. The molecular formula is C15H22N2O. The number of hydrogen-bond acceptors (Lipinski definition) is 2. The SMILES string of the molecule is NCc1ccc(C(CC(N)=O)C2CCCC2)cc1. The lowest BCUT2D eigenvalue weighted by Gasteiger charge is -2.23. The minimum Gasteiger partial charge on any atom is -0.370 e. The van der Waals surface area contributed by atoms with Crippen LogP contribution in [0.3, 0.4) is 0 Å². The maximum Gasteiger partial charge on any atom is 0.218 e. The summed E-state index contributed by atoms with van der Waals surface area (Å²) in [5.74, 6) is 0.702. The van der Waals surface area contributed by atoms with E-state index in [1.54, 1.807) is 0 Å². The van der Waals surface area contributed by atoms with Gasteiger partial charge in [-0.2, -0.15) is 0 Å². The predicted molar refractivity (Wildman–Crippen MR) is 72.8 cm³/mol. The zero-order valence-corrected chi connectivity index (χ0v) is 10.8. The van der Waals surface area contributed by atoms with Crippen LogP contribution in [-0.2, 0) is 11.3 Å². The van der Waals surface area contributed by atoms with Crippen LogP contribution in [0.2, 0.25) is 0 Å². The number of amides is 1. The summed E-state index contributed by atoms with van der Waals surface area (Å²) < 4.78 is 0. The molecule has 0 aliphatic heterocycles. The Labute approximate surface area is 109 Å². The molecule has 3 heteroatoms. The van der Waals surface area contributed by atoms with Gasteiger partial charge in [0.15, 0.2) is 0 Å². The third-order valence-corrected chi connectivity index (χ3v) is 4.03. The second-order valence-corrected chi connectivity index (χ2v) is 5.27. The van der Waals surface area contributed by atoms with Crippen LogP contribution in [0.5, 0.6) is 0 Å². The van der Waals surface area contributed by atoms with E-state index in [2.05, 4.69) is 24.3 Å². The zero-order valence-electron chi connectivity index (χ0n) is 10.8. The first-order valence-corrected chi connectivity index (χ1v) is 6.78. The van der Waals surface area contributed by atoms with Crippen LogP contribution in [0.4, 0.5) is 0 Å². The lowest BCUT2D eigenvalue weighted by molar-refractivity contribution is -0.118. The smallest absolute Gasteiger partial charge is 0.218 e. The Morgan fingerprint density at radius 3 is 2.33 bits per heavy atom. The van der Waals surface area contributed by atoms with E-state index in [1.165, 1.54) is 31.2 Å². The Morgan fingerprint density at radius 1 is 1.22 bits per heavy atom. The Morgan fingerprint density at radius 2 is 1.83 bits per heavy atom. The average molecular weight is 246 g/mol. The normalized spacial score (nSPS) is 17.8. The zero-order chi connectivity index (χ0) is 13.0. The van der Waals surface area contributed by atoms with Crippen LogP contribution in [0.15, 0.2) is 24.3 Å². The summed E-state index contributed by atoms with van der Waals surface area (Å²) in [6.07, 6.45) is 5.46. The van der Waals surface area contributed by atoms with E-state index in [4.69, 9.17) is 11.5 Å². The first kappa shape index (κ1) is 13.1. The van der Waals surface area contributed by atoms with Crippen molar-refractivity contribution in [2.75, 3.05) is 0 Å². The molecule has 1 unspecified atom stereocenters. The summed E-state index contributed by atoms with van der Waals surface area (Å²) in [5, 5.41) is 0. The van der Waals surface area contributed by atoms with Gasteiger partial charge in [-0.15, -0.1) is 0 Å². The Hall–Kier alpha value is -1.35. The summed E-state index contributed by atoms with van der Waals surface area (Å²) in [7, 11) is 0. The molecule has 1 amide bonds. The van der Waals surface area contributed by atoms with E-state index in [0.717, 1.165) is 5.56 Å². The molecule has 4 N–H and O–H groups in total. The van der Waals surface area contributed by atoms with E-state index in [0.29, 0.717) is 18.9 Å². The molecule has 98 valence electrons. The third-order valence-electron chi connectivity index (χ3n) is 4.03. The van der Waals surface area contributed by atoms with Crippen molar-refractivity contribution in [3.05, 3.63) is 35.4 Å². The highest BCUT2D eigenvalue weighted by Crippen LogP contribution is 2.39. The molecule has 18 heavy (non-hydrogen) atoms. The van der Waals surface area contributed by atoms with Gasteiger partial charge in [0.25, 0.3) is 0 Å². The molecule has 1 aromatic rings. The standard InChI is InChI=1S/C15H22N2O/c16-10-11-5-7-13(8-6-11)14(9-15(17)18)12-3-1-2-4-12/h5-8,12,14H,1-4,9-10,16H2,(H2,17,18). The maximum absolute atomic E-state index is 11.3. The van der Waals surface area contributed by atoms with Gasteiger partial charge in [-0.05, 0) is 35.8 Å². The average Bonchev–Trinajstić information content (AvgIpc) is 2.89. The summed E-state index contributed by atoms with van der Waals surface area (Å²) in [6, 6.07) is 8.32. The molecule has 2 rings (SSSR count). The van der Waals surface area contributed by atoms with Gasteiger partial charge < -0.3 is 11.5 Å². The first-order valence-electron chi connectivity index (χ1n) is 6.78. The fourth-order valence-electron chi connectivity index (χ4n) is 3.03. The highest BCUT2D eigenvalue weighted by molar-refractivity contribution is 5.74. The summed E-state index contributed by atoms with van der Waals surface area (Å²) in [5.41, 5.74) is 13.4. The summed E-state index contributed by atoms with van der Waals surface area (Å²) in [4.78, 5) is 11.3. The molecule has 0 radical (unpaired) electrons. The maximum atomic E-state index is 11.3. The van der Waals surface area contributed by atoms with E-state index >= 15 is 0 Å². The quantitative estimate of drug-likeness (QED) is 0.837. The van der Waals surface area contributed by atoms with Gasteiger partial charge in [0.2, 0.25) is 5.91 Å². The van der Waals surface area contributed by atoms with E-state index in [9.17, 15) is 4.79 Å². The molecule has 0 saturated heterocycles. The van der Waals surface area contributed by atoms with Crippen molar-refractivity contribution in [2.45, 2.75) is 44.6 Å². The molecule has 1 fully saturated rings. The second kappa shape index (κ2) is 6.01. The molecule has 0 aromatic heterocycles. The van der Waals surface area contributed by atoms with Crippen molar-refractivity contribution >= 4 is 5.91 Å². The van der Waals surface area contributed by atoms with Gasteiger partial charge >= 0.3 is 0 Å². The van der Waals surface area contributed by atoms with Crippen LogP contribution in [0.25, 0.3) is 0 Å². The number of primary amides is 1. The number of carbonyl (C=O) groups excluding carboxylic acids is 1. The van der Waals surface area contributed by atoms with E-state index < -0.39 is 0 Å². The molecule has 1 saturated carbocycles. The Bertz CT molecular complexity index is 393. The molecule has 1 atom stereocenters. The topological polar surface area (TPSA) is 69.1 Å². The Balaban J connectivity index is 2.17. The van der Waals surface area contributed by atoms with Crippen molar-refractivity contribution < 1.29 is 4.79 Å². The van der Waals surface area contributed by atoms with Gasteiger partial charge in [0.1, 0.15) is 0 Å². The molecule has 0 spiro atoms. The van der Waals surface area contributed by atoms with Crippen LogP contribution in [0, 0.1) is 5.92 Å². The van der Waals surface area contributed by atoms with Crippen molar-refractivity contribution in [3.63, 3.8) is 0 Å². The first-order chi connectivity index (χ1) is 8.70. The number of benzene rings is 1. The number of hydrogen-bond donors (Lipinski definition) is 2. The monoisotopic (exact) mass is 246 g/mol. The minimum atomic E-state index is -0.199. The van der Waals surface area contributed by atoms with Crippen LogP contribution in [-0.4, -0.2) is 5.91 Å². The fraction of sp³-hybridized carbons (Fsp3) is 0.533. The van der Waals surface area contributed by atoms with Gasteiger partial charge in [0.05, 0.1) is 0 Å². The van der Waals surface area contributed by atoms with Crippen molar-refractivity contribution in [2.24, 2.45) is 17.4 Å². The molecule has 1 aliphatic rings. The summed E-state index contributed by atoms with van der Waals surface area (Å²) in [6.45, 7) is 0.560. The third kappa shape index (κ3) is 3.10. The number of carbonyl (C=O) groups is 1. The van der Waals surface area contributed by atoms with Crippen molar-refractivity contribution in [1.29, 1.82) is 0 Å². The Kier molecular flexibility index (Phi) is 4.37. The van der Waals surface area contributed by atoms with Crippen molar-refractivity contribution in [3.8, 4) is 0 Å². The second-order valence-electron chi connectivity index (χ2n) is 5.27. The fourth-order valence-corrected chi connectivity index (χ4v) is 3.03. The lowest BCUT2D eigenvalue weighted by atomic mass is 9.82. The highest BCUT2D eigenvalue weighted by atomic mass is 16.1.